The first-order valence-corrected chi connectivity index (χ1v) is 8.16. The van der Waals surface area contributed by atoms with Gasteiger partial charge >= 0.3 is 12.2 Å². The molecule has 0 atom stereocenters. The second-order valence-corrected chi connectivity index (χ2v) is 6.35. The van der Waals surface area contributed by atoms with Crippen molar-refractivity contribution in [3.63, 3.8) is 0 Å². The van der Waals surface area contributed by atoms with Gasteiger partial charge in [-0.2, -0.15) is 23.5 Å². The highest BCUT2D eigenvalue weighted by atomic mass is 32.2. The lowest BCUT2D eigenvalue weighted by Crippen LogP contribution is -2.41. The molecule has 0 bridgehead atoms. The van der Waals surface area contributed by atoms with E-state index in [1.54, 1.807) is 33.3 Å². The molecule has 2 saturated heterocycles. The fraction of sp³-hybridized carbons (Fsp3) is 0.800. The fourth-order valence-corrected chi connectivity index (χ4v) is 3.47. The predicted molar refractivity (Wildman–Crippen MR) is 70.8 cm³/mol. The van der Waals surface area contributed by atoms with Crippen molar-refractivity contribution in [1.29, 1.82) is 0 Å². The topological polar surface area (TPSA) is 59.1 Å². The molecule has 2 aliphatic heterocycles. The second kappa shape index (κ2) is 6.98. The molecule has 0 unspecified atom stereocenters. The van der Waals surface area contributed by atoms with Crippen LogP contribution in [0.2, 0.25) is 0 Å². The van der Waals surface area contributed by atoms with E-state index < -0.39 is 12.2 Å². The van der Waals surface area contributed by atoms with Gasteiger partial charge in [-0.25, -0.2) is 19.4 Å². The normalized spacial score (nSPS) is 20.4. The number of nitrogens with zero attached hydrogens (tertiary/aromatic N) is 2. The molecule has 0 spiro atoms. The van der Waals surface area contributed by atoms with Crippen LogP contribution in [0.15, 0.2) is 0 Å². The van der Waals surface area contributed by atoms with Crippen LogP contribution in [0, 0.1) is 0 Å². The maximum Gasteiger partial charge on any atom is 0.453 e. The minimum absolute atomic E-state index is 0.574. The lowest BCUT2D eigenvalue weighted by molar-refractivity contribution is -0.196. The zero-order chi connectivity index (χ0) is 12.8. The maximum absolute atomic E-state index is 11.6. The van der Waals surface area contributed by atoms with Crippen LogP contribution in [-0.2, 0) is 9.78 Å². The summed E-state index contributed by atoms with van der Waals surface area (Å²) in [5, 5.41) is 0. The maximum atomic E-state index is 11.6. The van der Waals surface area contributed by atoms with E-state index >= 15 is 0 Å². The van der Waals surface area contributed by atoms with Gasteiger partial charge in [0.05, 0.1) is 0 Å². The number of amides is 2. The SMILES string of the molecule is O=C(OOC(=O)N1CCSCC1)N1CCSCC1. The first kappa shape index (κ1) is 13.7. The van der Waals surface area contributed by atoms with Gasteiger partial charge in [-0.3, -0.25) is 0 Å². The Balaban J connectivity index is 1.69. The minimum atomic E-state index is -0.574. The third-order valence-corrected chi connectivity index (χ3v) is 4.61. The van der Waals surface area contributed by atoms with Gasteiger partial charge in [-0.1, -0.05) is 0 Å². The standard InChI is InChI=1S/C10H16N2O4S2/c13-9(11-1-5-17-6-2-11)15-16-10(14)12-3-7-18-8-4-12/h1-8H2. The molecule has 0 aliphatic carbocycles. The van der Waals surface area contributed by atoms with Crippen molar-refractivity contribution in [2.75, 3.05) is 49.2 Å². The number of hydrogen-bond donors (Lipinski definition) is 0. The lowest BCUT2D eigenvalue weighted by Gasteiger charge is -2.26. The van der Waals surface area contributed by atoms with Crippen LogP contribution in [0.5, 0.6) is 0 Å². The van der Waals surface area contributed by atoms with E-state index in [9.17, 15) is 9.59 Å². The Hall–Kier alpha value is -0.760. The van der Waals surface area contributed by atoms with E-state index in [1.807, 2.05) is 0 Å². The molecule has 0 aromatic heterocycles. The number of rotatable bonds is 0. The fourth-order valence-electron chi connectivity index (χ4n) is 1.67. The molecule has 18 heavy (non-hydrogen) atoms. The van der Waals surface area contributed by atoms with E-state index in [0.717, 1.165) is 23.0 Å². The molecule has 6 nitrogen and oxygen atoms in total. The van der Waals surface area contributed by atoms with Crippen LogP contribution in [0.3, 0.4) is 0 Å². The molecule has 0 aromatic rings. The summed E-state index contributed by atoms with van der Waals surface area (Å²) in [5.74, 6) is 3.58. The van der Waals surface area contributed by atoms with Gasteiger partial charge in [0.1, 0.15) is 0 Å². The average Bonchev–Trinajstić information content (AvgIpc) is 2.46. The summed E-state index contributed by atoms with van der Waals surface area (Å²) in [4.78, 5) is 35.4. The third-order valence-electron chi connectivity index (χ3n) is 2.72. The highest BCUT2D eigenvalue weighted by Gasteiger charge is 2.23. The van der Waals surface area contributed by atoms with Crippen molar-refractivity contribution in [2.45, 2.75) is 0 Å². The van der Waals surface area contributed by atoms with E-state index in [1.165, 1.54) is 0 Å². The molecule has 0 radical (unpaired) electrons. The minimum Gasteiger partial charge on any atom is -0.304 e. The zero-order valence-corrected chi connectivity index (χ0v) is 11.6. The number of thioether (sulfide) groups is 2. The van der Waals surface area contributed by atoms with Crippen molar-refractivity contribution in [3.05, 3.63) is 0 Å². The van der Waals surface area contributed by atoms with Gasteiger partial charge in [0.25, 0.3) is 0 Å². The van der Waals surface area contributed by atoms with Crippen LogP contribution in [0.4, 0.5) is 9.59 Å². The molecule has 2 heterocycles. The largest absolute Gasteiger partial charge is 0.453 e. The number of carbonyl (C=O) groups excluding carboxylic acids is 2. The van der Waals surface area contributed by atoms with Crippen molar-refractivity contribution in [2.24, 2.45) is 0 Å². The van der Waals surface area contributed by atoms with Crippen LogP contribution < -0.4 is 0 Å². The van der Waals surface area contributed by atoms with E-state index in [4.69, 9.17) is 0 Å². The van der Waals surface area contributed by atoms with Crippen LogP contribution in [-0.4, -0.2) is 71.2 Å². The highest BCUT2D eigenvalue weighted by Crippen LogP contribution is 2.12. The van der Waals surface area contributed by atoms with Crippen molar-refractivity contribution < 1.29 is 19.4 Å². The first-order valence-electron chi connectivity index (χ1n) is 5.85. The Morgan fingerprint density at radius 1 is 0.722 bits per heavy atom. The summed E-state index contributed by atoms with van der Waals surface area (Å²) in [5.41, 5.74) is 0. The van der Waals surface area contributed by atoms with Crippen molar-refractivity contribution in [1.82, 2.24) is 9.80 Å². The van der Waals surface area contributed by atoms with Gasteiger partial charge in [-0.05, 0) is 0 Å². The number of hydrogen-bond acceptors (Lipinski definition) is 6. The van der Waals surface area contributed by atoms with E-state index in [0.29, 0.717) is 26.2 Å². The Morgan fingerprint density at radius 3 is 1.39 bits per heavy atom. The van der Waals surface area contributed by atoms with Crippen molar-refractivity contribution in [3.8, 4) is 0 Å². The van der Waals surface area contributed by atoms with Crippen molar-refractivity contribution >= 4 is 35.7 Å². The third kappa shape index (κ3) is 3.88. The smallest absolute Gasteiger partial charge is 0.304 e. The summed E-state index contributed by atoms with van der Waals surface area (Å²) in [6.45, 7) is 2.56. The van der Waals surface area contributed by atoms with E-state index in [-0.39, 0.29) is 0 Å². The van der Waals surface area contributed by atoms with Gasteiger partial charge < -0.3 is 9.80 Å². The summed E-state index contributed by atoms with van der Waals surface area (Å²) in [7, 11) is 0. The van der Waals surface area contributed by atoms with Gasteiger partial charge in [-0.15, -0.1) is 0 Å². The van der Waals surface area contributed by atoms with Gasteiger partial charge in [0, 0.05) is 49.2 Å². The van der Waals surface area contributed by atoms with Crippen LogP contribution in [0.25, 0.3) is 0 Å². The average molecular weight is 292 g/mol. The lowest BCUT2D eigenvalue weighted by atomic mass is 10.5. The molecule has 2 fully saturated rings. The highest BCUT2D eigenvalue weighted by molar-refractivity contribution is 7.99. The van der Waals surface area contributed by atoms with Gasteiger partial charge in [0.2, 0.25) is 0 Å². The van der Waals surface area contributed by atoms with Crippen LogP contribution in [0.1, 0.15) is 0 Å². The summed E-state index contributed by atoms with van der Waals surface area (Å²) >= 11 is 3.59. The van der Waals surface area contributed by atoms with Crippen LogP contribution >= 0.6 is 23.5 Å². The predicted octanol–water partition coefficient (Wildman–Crippen LogP) is 1.27. The molecule has 0 aromatic carbocycles. The first-order chi connectivity index (χ1) is 8.77. The summed E-state index contributed by atoms with van der Waals surface area (Å²) in [6, 6.07) is 0. The molecule has 8 heteroatoms. The molecule has 2 rings (SSSR count). The molecule has 2 aliphatic rings. The zero-order valence-electron chi connectivity index (χ0n) is 10.0. The van der Waals surface area contributed by atoms with Gasteiger partial charge in [0.15, 0.2) is 0 Å². The Labute approximate surface area is 114 Å². The quantitative estimate of drug-likeness (QED) is 0.495. The Kier molecular flexibility index (Phi) is 5.30. The van der Waals surface area contributed by atoms with E-state index in [2.05, 4.69) is 9.78 Å². The molecule has 102 valence electrons. The molecular formula is C10H16N2O4S2. The second-order valence-electron chi connectivity index (χ2n) is 3.90. The number of carbonyl (C=O) groups is 2. The molecule has 0 saturated carbocycles. The summed E-state index contributed by atoms with van der Waals surface area (Å²) < 4.78 is 0. The Morgan fingerprint density at radius 2 is 1.06 bits per heavy atom. The summed E-state index contributed by atoms with van der Waals surface area (Å²) in [6.07, 6.45) is -1.15. The molecular weight excluding hydrogens is 276 g/mol. The molecule has 2 amide bonds. The Bertz CT molecular complexity index is 274. The monoisotopic (exact) mass is 292 g/mol. The molecule has 0 N–H and O–H groups in total.